The third-order valence-electron chi connectivity index (χ3n) is 17.5. The van der Waals surface area contributed by atoms with Crippen LogP contribution in [0.5, 0.6) is 0 Å². The van der Waals surface area contributed by atoms with E-state index in [9.17, 15) is 98.3 Å². The van der Waals surface area contributed by atoms with Crippen molar-refractivity contribution in [2.24, 2.45) is 11.8 Å². The second kappa shape index (κ2) is 38.2. The molecule has 0 radical (unpaired) electrons. The second-order valence-electron chi connectivity index (χ2n) is 26.8. The van der Waals surface area contributed by atoms with Crippen LogP contribution in [0.25, 0.3) is 0 Å². The lowest BCUT2D eigenvalue weighted by Crippen LogP contribution is -2.64. The highest BCUT2D eigenvalue weighted by Crippen LogP contribution is 2.51. The van der Waals surface area contributed by atoms with Crippen LogP contribution in [0, 0.1) is 11.8 Å². The van der Waals surface area contributed by atoms with Crippen molar-refractivity contribution in [3.63, 3.8) is 0 Å². The van der Waals surface area contributed by atoms with Gasteiger partial charge in [0.05, 0.1) is 81.7 Å². The van der Waals surface area contributed by atoms with E-state index < -0.39 is 214 Å². The molecule has 14 N–H and O–H groups in total. The Morgan fingerprint density at radius 1 is 0.480 bits per heavy atom. The van der Waals surface area contributed by atoms with Crippen LogP contribution in [-0.4, -0.2) is 306 Å². The number of amides is 5. The van der Waals surface area contributed by atoms with Gasteiger partial charge in [-0.1, -0.05) is 13.8 Å². The Balaban J connectivity index is 1.07. The van der Waals surface area contributed by atoms with Gasteiger partial charge in [-0.3, -0.25) is 51.1 Å². The fraction of sp³-hybridized carbons (Fsp3) is 0.914. The van der Waals surface area contributed by atoms with Crippen molar-refractivity contribution < 1.29 is 154 Å². The molecular weight excluding hydrogens is 1370 g/mol. The van der Waals surface area contributed by atoms with Gasteiger partial charge in [-0.15, -0.1) is 0 Å². The van der Waals surface area contributed by atoms with E-state index in [1.807, 2.05) is 6.92 Å². The van der Waals surface area contributed by atoms with Crippen LogP contribution in [-0.2, 0) is 93.2 Å². The summed E-state index contributed by atoms with van der Waals surface area (Å²) >= 11 is 0. The SMILES string of the molecule is CC(=O)NC1C(OCCCCC(=O)N2C[C@H](C)C[C@H]2COP(=O)(O)O[C@@H]2C[C@@H](COP(=O)(O)O[C@@H]3C[C@@H](COP(=O)(O)OC(C)(C)C)N(C(=O)CCCCOC4OC(CO)C(O)C(O)C4C)C3)N(C(=O)CCCCOC3OC(CO)C(O)C(O)C3NC(C)=O)C2)OC(CO)C(O)C1O. The molecule has 6 fully saturated rings. The average Bonchev–Trinajstić information content (AvgIpc) is 1.15. The van der Waals surface area contributed by atoms with E-state index in [0.29, 0.717) is 25.8 Å². The molecule has 0 aromatic carbocycles. The number of nitrogens with zero attached hydrogens (tertiary/aromatic N) is 3. The van der Waals surface area contributed by atoms with Crippen LogP contribution in [0.1, 0.15) is 126 Å². The van der Waals surface area contributed by atoms with Gasteiger partial charge in [-0.2, -0.15) is 0 Å². The smallest absolute Gasteiger partial charge is 0.394 e. The molecule has 98 heavy (non-hydrogen) atoms. The number of hydrogen-bond acceptors (Lipinski definition) is 29. The van der Waals surface area contributed by atoms with Crippen LogP contribution in [0.3, 0.4) is 0 Å². The summed E-state index contributed by atoms with van der Waals surface area (Å²) in [7, 11) is -14.9. The van der Waals surface area contributed by atoms with Gasteiger partial charge < -0.3 is 114 Å². The third kappa shape index (κ3) is 25.2. The molecule has 0 aromatic heterocycles. The van der Waals surface area contributed by atoms with Crippen LogP contribution in [0.4, 0.5) is 0 Å². The number of aliphatic hydroxyl groups is 9. The number of ether oxygens (including phenoxy) is 6. The lowest BCUT2D eigenvalue weighted by atomic mass is 9.92. The first-order valence-corrected chi connectivity index (χ1v) is 37.6. The molecule has 6 aliphatic rings. The third-order valence-corrected chi connectivity index (χ3v) is 20.8. The number of phosphoric ester groups is 3. The Morgan fingerprint density at radius 2 is 0.816 bits per heavy atom. The molecule has 40 heteroatoms. The number of carbonyl (C=O) groups excluding carboxylic acids is 5. The number of phosphoric acid groups is 3. The predicted molar refractivity (Wildman–Crippen MR) is 334 cm³/mol. The molecule has 0 aliphatic carbocycles. The van der Waals surface area contributed by atoms with Crippen molar-refractivity contribution in [3.05, 3.63) is 0 Å². The van der Waals surface area contributed by atoms with E-state index in [-0.39, 0.29) is 103 Å². The van der Waals surface area contributed by atoms with Gasteiger partial charge in [0.1, 0.15) is 60.9 Å². The Morgan fingerprint density at radius 3 is 1.18 bits per heavy atom. The van der Waals surface area contributed by atoms with Crippen molar-refractivity contribution in [1.29, 1.82) is 0 Å². The van der Waals surface area contributed by atoms with Crippen LogP contribution >= 0.6 is 23.5 Å². The Kier molecular flexibility index (Phi) is 32.7. The Bertz CT molecular complexity index is 2710. The molecule has 6 aliphatic heterocycles. The molecule has 6 saturated heterocycles. The Labute approximate surface area is 568 Å². The predicted octanol–water partition coefficient (Wildman–Crippen LogP) is -2.12. The van der Waals surface area contributed by atoms with Crippen molar-refractivity contribution in [2.45, 2.75) is 247 Å². The fourth-order valence-corrected chi connectivity index (χ4v) is 15.6. The lowest BCUT2D eigenvalue weighted by Gasteiger charge is -2.42. The van der Waals surface area contributed by atoms with Crippen molar-refractivity contribution in [1.82, 2.24) is 25.3 Å². The van der Waals surface area contributed by atoms with Gasteiger partial charge in [0, 0.05) is 78.5 Å². The molecule has 6 rings (SSSR count). The topological polar surface area (TPSA) is 524 Å². The van der Waals surface area contributed by atoms with E-state index in [4.69, 9.17) is 55.6 Å². The van der Waals surface area contributed by atoms with Crippen LogP contribution in [0.2, 0.25) is 0 Å². The summed E-state index contributed by atoms with van der Waals surface area (Å²) in [6.45, 7) is 6.28. The highest BCUT2D eigenvalue weighted by Gasteiger charge is 2.49. The largest absolute Gasteiger partial charge is 0.472 e. The van der Waals surface area contributed by atoms with E-state index in [1.54, 1.807) is 6.92 Å². The fourth-order valence-electron chi connectivity index (χ4n) is 12.6. The minimum Gasteiger partial charge on any atom is -0.394 e. The highest BCUT2D eigenvalue weighted by molar-refractivity contribution is 7.48. The zero-order chi connectivity index (χ0) is 72.6. The molecular formula is C58H104N5O32P3. The minimum absolute atomic E-state index is 0.00367. The summed E-state index contributed by atoms with van der Waals surface area (Å²) in [6, 6.07) is -5.19. The maximum atomic E-state index is 14.1. The number of carbonyl (C=O) groups is 5. The summed E-state index contributed by atoms with van der Waals surface area (Å²) in [6.07, 6.45) is -17.3. The maximum absolute atomic E-state index is 14.1. The molecule has 24 atom stereocenters. The monoisotopic (exact) mass is 1480 g/mol. The molecule has 37 nitrogen and oxygen atoms in total. The van der Waals surface area contributed by atoms with E-state index in [2.05, 4.69) is 10.6 Å². The van der Waals surface area contributed by atoms with Gasteiger partial charge >= 0.3 is 23.5 Å². The first-order chi connectivity index (χ1) is 46.0. The van der Waals surface area contributed by atoms with Gasteiger partial charge in [-0.05, 0) is 84.5 Å². The number of rotatable bonds is 37. The van der Waals surface area contributed by atoms with Crippen molar-refractivity contribution in [2.75, 3.05) is 79.1 Å². The molecule has 18 unspecified atom stereocenters. The molecule has 0 bridgehead atoms. The van der Waals surface area contributed by atoms with Crippen LogP contribution in [0.15, 0.2) is 0 Å². The molecule has 5 amide bonds. The number of nitrogens with one attached hydrogen (secondary N) is 2. The first kappa shape index (κ1) is 84.0. The first-order valence-electron chi connectivity index (χ1n) is 33.1. The lowest BCUT2D eigenvalue weighted by molar-refractivity contribution is -0.282. The molecule has 0 aromatic rings. The summed E-state index contributed by atoms with van der Waals surface area (Å²) in [5, 5.41) is 96.5. The summed E-state index contributed by atoms with van der Waals surface area (Å²) < 4.78 is 108. The van der Waals surface area contributed by atoms with Crippen molar-refractivity contribution >= 4 is 53.0 Å². The quantitative estimate of drug-likeness (QED) is 0.0234. The van der Waals surface area contributed by atoms with Crippen LogP contribution < -0.4 is 10.6 Å². The summed E-state index contributed by atoms with van der Waals surface area (Å²) in [5.41, 5.74) is -1.13. The van der Waals surface area contributed by atoms with E-state index >= 15 is 0 Å². The number of aliphatic hydroxyl groups excluding tert-OH is 9. The zero-order valence-corrected chi connectivity index (χ0v) is 59.0. The standard InChI is InChI=1S/C58H104N5O32P3/c1-32-20-36(61(23-32)44(69)14-9-12-18-85-56-47(59-34(3)67)53(76)51(74)42(27-65)91-56)29-87-96(78,79)93-39-21-37(62(24-39)45(70)16-10-13-19-86-57-48(60-35(4)68)54(77)52(75)43(28-66)92-57)30-88-97(80,81)94-40-22-38(31-89-98(82,83)95-58(5,6)7)63(25-40)46(71)15-8-11-17-84-55-33(2)49(72)50(73)41(26-64)90-55/h32-33,36-43,47-57,64-66,72-77H,8-31H2,1-7H3,(H,59,67)(H,60,68)(H,78,79)(H,80,81)(H,82,83)/t32-,33?,36+,37+,38+,39-,40-,41?,42?,43?,47?,48?,49?,50?,51?,52?,53?,54?,55?,56?,57?/m1/s1. The van der Waals surface area contributed by atoms with Gasteiger partial charge in [0.15, 0.2) is 18.9 Å². The summed E-state index contributed by atoms with van der Waals surface area (Å²) in [4.78, 5) is 102. The Hall–Kier alpha value is -2.92. The van der Waals surface area contributed by atoms with Gasteiger partial charge in [0.2, 0.25) is 29.5 Å². The van der Waals surface area contributed by atoms with E-state index in [1.165, 1.54) is 49.3 Å². The number of unbranched alkanes of at least 4 members (excludes halogenated alkanes) is 3. The molecule has 568 valence electrons. The maximum Gasteiger partial charge on any atom is 0.472 e. The number of likely N-dealkylation sites (tertiary alicyclic amines) is 3. The zero-order valence-electron chi connectivity index (χ0n) is 56.3. The van der Waals surface area contributed by atoms with E-state index in [0.717, 1.165) is 0 Å². The number of hydrogen-bond donors (Lipinski definition) is 14. The van der Waals surface area contributed by atoms with Gasteiger partial charge in [-0.25, -0.2) is 13.7 Å². The average molecular weight is 1480 g/mol. The normalized spacial score (nSPS) is 35.0. The molecule has 0 saturated carbocycles. The minimum atomic E-state index is -5.16. The highest BCUT2D eigenvalue weighted by atomic mass is 31.2. The van der Waals surface area contributed by atoms with Crippen molar-refractivity contribution in [3.8, 4) is 0 Å². The summed E-state index contributed by atoms with van der Waals surface area (Å²) in [5.74, 6) is -3.20. The molecule has 6 heterocycles. The second-order valence-corrected chi connectivity index (χ2v) is 31.0. The van der Waals surface area contributed by atoms with Gasteiger partial charge in [0.25, 0.3) is 0 Å². The molecule has 0 spiro atoms.